The van der Waals surface area contributed by atoms with Gasteiger partial charge >= 0.3 is 17.9 Å². The van der Waals surface area contributed by atoms with E-state index in [2.05, 4.69) is 62.5 Å². The number of esters is 2. The second-order valence-corrected chi connectivity index (χ2v) is 20.5. The summed E-state index contributed by atoms with van der Waals surface area (Å²) in [4.78, 5) is 37.3. The maximum atomic E-state index is 12.8. The number of aliphatic carboxylic acids is 1. The van der Waals surface area contributed by atoms with E-state index in [-0.39, 0.29) is 36.2 Å². The fourth-order valence-electron chi connectivity index (χ4n) is 8.62. The normalized spacial score (nSPS) is 13.1. The zero-order valence-corrected chi connectivity index (χ0v) is 45.3. The van der Waals surface area contributed by atoms with Crippen molar-refractivity contribution in [1.29, 1.82) is 0 Å². The Kier molecular flexibility index (Phi) is 48.7. The number of nitrogens with zero attached hydrogens (tertiary/aromatic N) is 1. The van der Waals surface area contributed by atoms with Crippen LogP contribution in [-0.2, 0) is 28.6 Å². The lowest BCUT2D eigenvalue weighted by atomic mass is 10.0. The minimum absolute atomic E-state index is 0.0517. The summed E-state index contributed by atoms with van der Waals surface area (Å²) >= 11 is 0. The largest absolute Gasteiger partial charge is 0.477 e. The molecule has 0 amide bonds. The number of hydrogen-bond acceptors (Lipinski definition) is 6. The zero-order valence-electron chi connectivity index (χ0n) is 45.3. The Balaban J connectivity index is 4.16. The molecule has 0 aliphatic heterocycles. The Morgan fingerprint density at radius 3 is 1.22 bits per heavy atom. The molecule has 2 atom stereocenters. The summed E-state index contributed by atoms with van der Waals surface area (Å²) in [6.45, 7) is 4.67. The van der Waals surface area contributed by atoms with Crippen LogP contribution in [0.3, 0.4) is 0 Å². The van der Waals surface area contributed by atoms with E-state index in [1.54, 1.807) is 0 Å². The van der Waals surface area contributed by atoms with Crippen molar-refractivity contribution in [3.8, 4) is 0 Å². The molecule has 0 fully saturated rings. The van der Waals surface area contributed by atoms with Gasteiger partial charge in [0.2, 0.25) is 0 Å². The molecule has 0 saturated heterocycles. The number of carboxylic acids is 1. The molecule has 0 aromatic rings. The molecule has 0 saturated carbocycles. The number of unbranched alkanes of at least 4 members (excludes halogenated alkanes) is 30. The molecule has 0 heterocycles. The van der Waals surface area contributed by atoms with E-state index >= 15 is 0 Å². The second kappa shape index (κ2) is 50.7. The Hall–Kier alpha value is -2.71. The van der Waals surface area contributed by atoms with Crippen molar-refractivity contribution in [2.45, 2.75) is 276 Å². The first-order valence-corrected chi connectivity index (χ1v) is 28.7. The summed E-state index contributed by atoms with van der Waals surface area (Å²) < 4.78 is 17.4. The monoisotopic (exact) mass is 957 g/mol. The van der Waals surface area contributed by atoms with Crippen LogP contribution in [0, 0.1) is 0 Å². The average Bonchev–Trinajstić information content (AvgIpc) is 3.30. The smallest absolute Gasteiger partial charge is 0.362 e. The van der Waals surface area contributed by atoms with Gasteiger partial charge in [0, 0.05) is 19.3 Å². The second-order valence-electron chi connectivity index (χ2n) is 20.5. The highest BCUT2D eigenvalue weighted by Crippen LogP contribution is 2.17. The van der Waals surface area contributed by atoms with Crippen molar-refractivity contribution in [2.24, 2.45) is 0 Å². The third-order valence-corrected chi connectivity index (χ3v) is 13.0. The summed E-state index contributed by atoms with van der Waals surface area (Å²) in [6.07, 6.45) is 63.1. The van der Waals surface area contributed by atoms with Gasteiger partial charge in [0.25, 0.3) is 0 Å². The molecule has 0 aromatic heterocycles. The number of carbonyl (C=O) groups excluding carboxylic acids is 2. The van der Waals surface area contributed by atoms with Crippen molar-refractivity contribution < 1.29 is 38.2 Å². The Morgan fingerprint density at radius 2 is 0.824 bits per heavy atom. The predicted molar refractivity (Wildman–Crippen MR) is 289 cm³/mol. The Labute approximate surface area is 420 Å². The summed E-state index contributed by atoms with van der Waals surface area (Å²) in [7, 11) is 5.55. The molecule has 0 bridgehead atoms. The standard InChI is InChI=1S/C60H109NO7/c1-6-8-10-12-14-16-18-20-22-24-26-28-30-32-34-36-38-40-42-44-46-48-50-58(62)67-55-56(54-66-53-52-57(60(64)65)61(3,4)5)68-59(63)51-49-47-45-43-41-39-37-35-33-31-29-27-25-23-21-19-17-15-13-11-9-7-2/h8,10,14,16,20,22,26,28,56-57H,6-7,9,11-13,15,17-19,21,23-25,27,29-55H2,1-5H3/p+1/b10-8+,16-14+,22-20+,28-26+. The van der Waals surface area contributed by atoms with Crippen molar-refractivity contribution in [3.05, 3.63) is 48.6 Å². The van der Waals surface area contributed by atoms with Crippen molar-refractivity contribution >= 4 is 17.9 Å². The molecule has 1 N–H and O–H groups in total. The van der Waals surface area contributed by atoms with Crippen LogP contribution in [0.5, 0.6) is 0 Å². The van der Waals surface area contributed by atoms with Gasteiger partial charge in [-0.2, -0.15) is 0 Å². The molecule has 68 heavy (non-hydrogen) atoms. The fraction of sp³-hybridized carbons (Fsp3) is 0.817. The van der Waals surface area contributed by atoms with Crippen LogP contribution in [0.15, 0.2) is 48.6 Å². The van der Waals surface area contributed by atoms with E-state index in [0.717, 1.165) is 70.6 Å². The third kappa shape index (κ3) is 48.3. The molecule has 0 radical (unpaired) electrons. The molecule has 0 aliphatic carbocycles. The average molecular weight is 958 g/mol. The molecule has 0 aliphatic rings. The Bertz CT molecular complexity index is 1250. The van der Waals surface area contributed by atoms with Gasteiger partial charge in [-0.1, -0.05) is 242 Å². The number of quaternary nitrogens is 1. The SMILES string of the molecule is CC/C=C/C/C=C/C/C=C/C/C=C/CCCCCCCCCCCC(=O)OCC(COCCC(C(=O)O)[N+](C)(C)C)OC(=O)CCCCCCCCCCCCCCCCCCCCCCCC. The first-order chi connectivity index (χ1) is 33.1. The number of allylic oxidation sites excluding steroid dienone is 8. The summed E-state index contributed by atoms with van der Waals surface area (Å²) in [5, 5.41) is 9.68. The maximum Gasteiger partial charge on any atom is 0.362 e. The van der Waals surface area contributed by atoms with Gasteiger partial charge < -0.3 is 23.8 Å². The minimum Gasteiger partial charge on any atom is -0.477 e. The topological polar surface area (TPSA) is 99.1 Å². The van der Waals surface area contributed by atoms with Gasteiger partial charge in [-0.15, -0.1) is 0 Å². The molecule has 2 unspecified atom stereocenters. The first kappa shape index (κ1) is 65.3. The van der Waals surface area contributed by atoms with Gasteiger partial charge in [-0.3, -0.25) is 9.59 Å². The molecule has 0 rings (SSSR count). The molecular weight excluding hydrogens is 847 g/mol. The van der Waals surface area contributed by atoms with Crippen LogP contribution in [0.1, 0.15) is 264 Å². The molecule has 0 spiro atoms. The highest BCUT2D eigenvalue weighted by Gasteiger charge is 2.31. The highest BCUT2D eigenvalue weighted by molar-refractivity contribution is 5.72. The Morgan fingerprint density at radius 1 is 0.456 bits per heavy atom. The van der Waals surface area contributed by atoms with Gasteiger partial charge in [-0.05, 0) is 51.4 Å². The number of carbonyl (C=O) groups is 3. The van der Waals surface area contributed by atoms with Gasteiger partial charge in [-0.25, -0.2) is 4.79 Å². The van der Waals surface area contributed by atoms with Crippen LogP contribution < -0.4 is 0 Å². The van der Waals surface area contributed by atoms with Crippen LogP contribution >= 0.6 is 0 Å². The van der Waals surface area contributed by atoms with Gasteiger partial charge in [0.05, 0.1) is 34.4 Å². The summed E-state index contributed by atoms with van der Waals surface area (Å²) in [5.41, 5.74) is 0. The number of ether oxygens (including phenoxy) is 3. The zero-order chi connectivity index (χ0) is 49.9. The van der Waals surface area contributed by atoms with Crippen molar-refractivity contribution in [2.75, 3.05) is 41.0 Å². The number of likely N-dealkylation sites (N-methyl/N-ethyl adjacent to an activating group) is 1. The third-order valence-electron chi connectivity index (χ3n) is 13.0. The van der Waals surface area contributed by atoms with Gasteiger partial charge in [0.1, 0.15) is 6.61 Å². The van der Waals surface area contributed by atoms with Crippen LogP contribution in [0.25, 0.3) is 0 Å². The van der Waals surface area contributed by atoms with E-state index in [1.165, 1.54) is 161 Å². The van der Waals surface area contributed by atoms with Crippen molar-refractivity contribution in [3.63, 3.8) is 0 Å². The van der Waals surface area contributed by atoms with Crippen molar-refractivity contribution in [1.82, 2.24) is 0 Å². The molecule has 8 nitrogen and oxygen atoms in total. The van der Waals surface area contributed by atoms with Gasteiger partial charge in [0.15, 0.2) is 12.1 Å². The number of carboxylic acid groups (broad SMARTS) is 1. The van der Waals surface area contributed by atoms with E-state index in [1.807, 2.05) is 21.1 Å². The lowest BCUT2D eigenvalue weighted by molar-refractivity contribution is -0.887. The number of hydrogen-bond donors (Lipinski definition) is 1. The van der Waals surface area contributed by atoms with Crippen LogP contribution in [0.4, 0.5) is 0 Å². The van der Waals surface area contributed by atoms with Crippen LogP contribution in [-0.4, -0.2) is 80.6 Å². The maximum absolute atomic E-state index is 12.8. The van der Waals surface area contributed by atoms with Crippen LogP contribution in [0.2, 0.25) is 0 Å². The molecule has 0 aromatic carbocycles. The summed E-state index contributed by atoms with van der Waals surface area (Å²) in [6, 6.07) is -0.616. The lowest BCUT2D eigenvalue weighted by Gasteiger charge is -2.31. The number of rotatable bonds is 52. The quantitative estimate of drug-likeness (QED) is 0.0281. The highest BCUT2D eigenvalue weighted by atomic mass is 16.6. The molecule has 8 heteroatoms. The van der Waals surface area contributed by atoms with E-state index in [4.69, 9.17) is 14.2 Å². The summed E-state index contributed by atoms with van der Waals surface area (Å²) in [5.74, 6) is -1.46. The minimum atomic E-state index is -0.873. The molecule has 396 valence electrons. The fourth-order valence-corrected chi connectivity index (χ4v) is 8.62. The van der Waals surface area contributed by atoms with E-state index in [0.29, 0.717) is 19.3 Å². The van der Waals surface area contributed by atoms with E-state index < -0.39 is 18.1 Å². The predicted octanol–water partition coefficient (Wildman–Crippen LogP) is 17.1. The molecular formula is C60H110NO7+. The first-order valence-electron chi connectivity index (χ1n) is 28.7. The lowest BCUT2D eigenvalue weighted by Crippen LogP contribution is -2.50. The van der Waals surface area contributed by atoms with E-state index in [9.17, 15) is 19.5 Å².